The van der Waals surface area contributed by atoms with Crippen molar-refractivity contribution in [2.45, 2.75) is 26.1 Å². The Morgan fingerprint density at radius 1 is 1.35 bits per heavy atom. The first kappa shape index (κ1) is 11.8. The van der Waals surface area contributed by atoms with Gasteiger partial charge in [0.25, 0.3) is 0 Å². The van der Waals surface area contributed by atoms with Gasteiger partial charge in [-0.1, -0.05) is 13.0 Å². The van der Waals surface area contributed by atoms with Gasteiger partial charge in [-0.3, -0.25) is 4.57 Å². The molecule has 3 nitrogen and oxygen atoms in total. The van der Waals surface area contributed by atoms with E-state index in [4.69, 9.17) is 0 Å². The highest BCUT2D eigenvalue weighted by Gasteiger charge is 2.33. The summed E-state index contributed by atoms with van der Waals surface area (Å²) in [7, 11) is 0. The number of imidazole rings is 1. The Labute approximate surface area is 94.9 Å². The molecule has 0 bridgehead atoms. The Bertz CT molecular complexity index is 595. The lowest BCUT2D eigenvalue weighted by atomic mass is 10.2. The van der Waals surface area contributed by atoms with E-state index >= 15 is 0 Å². The quantitative estimate of drug-likeness (QED) is 0.866. The first-order valence-electron chi connectivity index (χ1n) is 5.24. The van der Waals surface area contributed by atoms with Gasteiger partial charge in [-0.25, -0.2) is 4.79 Å². The zero-order valence-electron chi connectivity index (χ0n) is 9.14. The Hall–Kier alpha value is -1.72. The lowest BCUT2D eigenvalue weighted by Crippen LogP contribution is -2.16. The fourth-order valence-electron chi connectivity index (χ4n) is 1.86. The Balaban J connectivity index is 2.76. The van der Waals surface area contributed by atoms with Crippen LogP contribution >= 0.6 is 0 Å². The number of aromatic amines is 1. The monoisotopic (exact) mass is 244 g/mol. The SMILES string of the molecule is CCCn1c(=O)[nH]c2c(C(F)(F)F)cccc21. The maximum Gasteiger partial charge on any atom is 0.418 e. The fourth-order valence-corrected chi connectivity index (χ4v) is 1.86. The minimum atomic E-state index is -4.46. The van der Waals surface area contributed by atoms with Crippen molar-refractivity contribution >= 4 is 11.0 Å². The van der Waals surface area contributed by atoms with E-state index in [0.29, 0.717) is 18.5 Å². The van der Waals surface area contributed by atoms with Gasteiger partial charge >= 0.3 is 11.9 Å². The highest BCUT2D eigenvalue weighted by molar-refractivity contribution is 5.79. The molecule has 0 amide bonds. The van der Waals surface area contributed by atoms with Gasteiger partial charge in [0.1, 0.15) is 0 Å². The molecule has 0 aliphatic rings. The number of aryl methyl sites for hydroxylation is 1. The molecule has 0 unspecified atom stereocenters. The van der Waals surface area contributed by atoms with Crippen LogP contribution in [-0.2, 0) is 12.7 Å². The number of aromatic nitrogens is 2. The number of nitrogens with one attached hydrogen (secondary N) is 1. The standard InChI is InChI=1S/C11H11F3N2O/c1-2-6-16-8-5-3-4-7(11(12,13)14)9(8)15-10(16)17/h3-5H,2,6H2,1H3,(H,15,17). The number of para-hydroxylation sites is 1. The molecule has 6 heteroatoms. The first-order chi connectivity index (χ1) is 7.95. The summed E-state index contributed by atoms with van der Waals surface area (Å²) in [5.74, 6) is 0. The largest absolute Gasteiger partial charge is 0.418 e. The second-order valence-electron chi connectivity index (χ2n) is 3.78. The predicted molar refractivity (Wildman–Crippen MR) is 57.9 cm³/mol. The van der Waals surface area contributed by atoms with Crippen LogP contribution in [0.4, 0.5) is 13.2 Å². The summed E-state index contributed by atoms with van der Waals surface area (Å²) in [5, 5.41) is 0. The van der Waals surface area contributed by atoms with E-state index in [1.54, 1.807) is 0 Å². The zero-order chi connectivity index (χ0) is 12.6. The number of nitrogens with zero attached hydrogens (tertiary/aromatic N) is 1. The lowest BCUT2D eigenvalue weighted by Gasteiger charge is -2.07. The van der Waals surface area contributed by atoms with Gasteiger partial charge in [0.2, 0.25) is 0 Å². The number of H-pyrrole nitrogens is 1. The molecule has 0 saturated carbocycles. The van der Waals surface area contributed by atoms with Crippen LogP contribution in [0.2, 0.25) is 0 Å². The van der Waals surface area contributed by atoms with Crippen LogP contribution in [0.15, 0.2) is 23.0 Å². The molecule has 0 aliphatic carbocycles. The minimum Gasteiger partial charge on any atom is -0.305 e. The van der Waals surface area contributed by atoms with Crippen molar-refractivity contribution in [1.29, 1.82) is 0 Å². The van der Waals surface area contributed by atoms with Crippen molar-refractivity contribution in [3.05, 3.63) is 34.2 Å². The van der Waals surface area contributed by atoms with Gasteiger partial charge in [0.05, 0.1) is 16.6 Å². The summed E-state index contributed by atoms with van der Waals surface area (Å²) >= 11 is 0. The van der Waals surface area contributed by atoms with Crippen LogP contribution in [0.3, 0.4) is 0 Å². The molecule has 92 valence electrons. The van der Waals surface area contributed by atoms with E-state index in [2.05, 4.69) is 4.98 Å². The molecule has 2 aromatic rings. The summed E-state index contributed by atoms with van der Waals surface area (Å²) in [6.45, 7) is 2.26. The van der Waals surface area contributed by atoms with Crippen molar-refractivity contribution < 1.29 is 13.2 Å². The second kappa shape index (κ2) is 3.94. The molecular weight excluding hydrogens is 233 g/mol. The van der Waals surface area contributed by atoms with Gasteiger partial charge in [-0.2, -0.15) is 13.2 Å². The average Bonchev–Trinajstić information content (AvgIpc) is 2.54. The number of hydrogen-bond acceptors (Lipinski definition) is 1. The number of alkyl halides is 3. The average molecular weight is 244 g/mol. The van der Waals surface area contributed by atoms with Gasteiger partial charge in [-0.15, -0.1) is 0 Å². The normalized spacial score (nSPS) is 12.2. The number of benzene rings is 1. The fraction of sp³-hybridized carbons (Fsp3) is 0.364. The molecule has 1 aromatic heterocycles. The molecule has 0 saturated heterocycles. The van der Waals surface area contributed by atoms with Gasteiger partial charge in [0, 0.05) is 6.54 Å². The molecule has 0 spiro atoms. The predicted octanol–water partition coefficient (Wildman–Crippen LogP) is 2.76. The van der Waals surface area contributed by atoms with Crippen molar-refractivity contribution in [2.75, 3.05) is 0 Å². The molecular formula is C11H11F3N2O. The third-order valence-corrected chi connectivity index (χ3v) is 2.56. The molecule has 2 rings (SSSR count). The summed E-state index contributed by atoms with van der Waals surface area (Å²) in [6, 6.07) is 3.79. The topological polar surface area (TPSA) is 37.8 Å². The summed E-state index contributed by atoms with van der Waals surface area (Å²) < 4.78 is 39.5. The second-order valence-corrected chi connectivity index (χ2v) is 3.78. The van der Waals surface area contributed by atoms with Crippen molar-refractivity contribution in [3.8, 4) is 0 Å². The molecule has 0 radical (unpaired) electrons. The number of rotatable bonds is 2. The molecule has 1 N–H and O–H groups in total. The molecule has 0 aliphatic heterocycles. The summed E-state index contributed by atoms with van der Waals surface area (Å²) in [6.07, 6.45) is -3.77. The third-order valence-electron chi connectivity index (χ3n) is 2.56. The van der Waals surface area contributed by atoms with E-state index in [0.717, 1.165) is 6.07 Å². The van der Waals surface area contributed by atoms with E-state index < -0.39 is 17.4 Å². The summed E-state index contributed by atoms with van der Waals surface area (Å²) in [4.78, 5) is 13.8. The maximum atomic E-state index is 12.7. The van der Waals surface area contributed by atoms with Gasteiger partial charge in [0.15, 0.2) is 0 Å². The van der Waals surface area contributed by atoms with Crippen LogP contribution in [-0.4, -0.2) is 9.55 Å². The van der Waals surface area contributed by atoms with Crippen LogP contribution in [0.25, 0.3) is 11.0 Å². The Morgan fingerprint density at radius 2 is 2.06 bits per heavy atom. The first-order valence-corrected chi connectivity index (χ1v) is 5.24. The van der Waals surface area contributed by atoms with Crippen LogP contribution in [0.1, 0.15) is 18.9 Å². The highest BCUT2D eigenvalue weighted by atomic mass is 19.4. The zero-order valence-corrected chi connectivity index (χ0v) is 9.14. The van der Waals surface area contributed by atoms with E-state index in [9.17, 15) is 18.0 Å². The Kier molecular flexibility index (Phi) is 2.73. The van der Waals surface area contributed by atoms with Gasteiger partial charge in [-0.05, 0) is 18.6 Å². The molecule has 1 aromatic carbocycles. The van der Waals surface area contributed by atoms with Crippen LogP contribution in [0.5, 0.6) is 0 Å². The number of halogens is 3. The van der Waals surface area contributed by atoms with Gasteiger partial charge < -0.3 is 4.98 Å². The number of hydrogen-bond donors (Lipinski definition) is 1. The van der Waals surface area contributed by atoms with E-state index in [1.807, 2.05) is 6.92 Å². The summed E-state index contributed by atoms with van der Waals surface area (Å²) in [5.41, 5.74) is -1.15. The van der Waals surface area contributed by atoms with Crippen molar-refractivity contribution in [1.82, 2.24) is 9.55 Å². The third kappa shape index (κ3) is 1.94. The molecule has 0 atom stereocenters. The number of fused-ring (bicyclic) bond motifs is 1. The van der Waals surface area contributed by atoms with E-state index in [-0.39, 0.29) is 5.52 Å². The smallest absolute Gasteiger partial charge is 0.305 e. The molecule has 0 fully saturated rings. The van der Waals surface area contributed by atoms with Crippen LogP contribution < -0.4 is 5.69 Å². The van der Waals surface area contributed by atoms with Crippen molar-refractivity contribution in [3.63, 3.8) is 0 Å². The maximum absolute atomic E-state index is 12.7. The minimum absolute atomic E-state index is 0.140. The van der Waals surface area contributed by atoms with Crippen molar-refractivity contribution in [2.24, 2.45) is 0 Å². The Morgan fingerprint density at radius 3 is 2.65 bits per heavy atom. The molecule has 1 heterocycles. The van der Waals surface area contributed by atoms with Crippen LogP contribution in [0, 0.1) is 0 Å². The van der Waals surface area contributed by atoms with E-state index in [1.165, 1.54) is 16.7 Å². The molecule has 17 heavy (non-hydrogen) atoms. The highest BCUT2D eigenvalue weighted by Crippen LogP contribution is 2.33. The lowest BCUT2D eigenvalue weighted by molar-refractivity contribution is -0.136.